The topological polar surface area (TPSA) is 110 Å². The molecule has 8 nitrogen and oxygen atoms in total. The largest absolute Gasteiger partial charge is 0.360 e. The van der Waals surface area contributed by atoms with Crippen LogP contribution in [0.2, 0.25) is 0 Å². The number of nitrogens with zero attached hydrogens (tertiary/aromatic N) is 2. The van der Waals surface area contributed by atoms with Gasteiger partial charge in [-0.25, -0.2) is 21.6 Å². The molecule has 10 heteroatoms. The molecule has 0 aliphatic carbocycles. The molecule has 0 saturated carbocycles. The second-order valence-electron chi connectivity index (χ2n) is 5.19. The minimum atomic E-state index is -3.80. The van der Waals surface area contributed by atoms with Crippen molar-refractivity contribution in [3.63, 3.8) is 0 Å². The molecule has 0 atom stereocenters. The van der Waals surface area contributed by atoms with E-state index in [4.69, 9.17) is 4.52 Å². The number of likely N-dealkylation sites (N-methyl/N-ethyl adjacent to an activating group) is 1. The van der Waals surface area contributed by atoms with Crippen LogP contribution in [0.5, 0.6) is 0 Å². The quantitative estimate of drug-likeness (QED) is 0.772. The lowest BCUT2D eigenvalue weighted by Gasteiger charge is -2.17. The number of aryl methyl sites for hydroxylation is 2. The van der Waals surface area contributed by atoms with Gasteiger partial charge < -0.3 is 4.52 Å². The van der Waals surface area contributed by atoms with Crippen LogP contribution in [0, 0.1) is 13.8 Å². The predicted molar refractivity (Wildman–Crippen MR) is 87.4 cm³/mol. The van der Waals surface area contributed by atoms with Crippen molar-refractivity contribution in [1.29, 1.82) is 0 Å². The number of hydrogen-bond acceptors (Lipinski definition) is 6. The SMILES string of the molecule is Cc1noc(C)c1S(=O)(=O)N(C)CCNS(=O)(=O)c1ccccc1. The van der Waals surface area contributed by atoms with Crippen molar-refractivity contribution >= 4 is 20.0 Å². The first kappa shape index (κ1) is 18.6. The molecule has 1 aromatic heterocycles. The first-order valence-electron chi connectivity index (χ1n) is 7.10. The van der Waals surface area contributed by atoms with Gasteiger partial charge in [0, 0.05) is 20.1 Å². The molecule has 2 rings (SSSR count). The zero-order chi connectivity index (χ0) is 18.0. The van der Waals surface area contributed by atoms with Crippen LogP contribution in [-0.2, 0) is 20.0 Å². The van der Waals surface area contributed by atoms with Crippen LogP contribution in [0.1, 0.15) is 11.5 Å². The molecular weight excluding hydrogens is 354 g/mol. The summed E-state index contributed by atoms with van der Waals surface area (Å²) in [4.78, 5) is 0.136. The Hall–Kier alpha value is -1.75. The van der Waals surface area contributed by atoms with Gasteiger partial charge in [-0.05, 0) is 26.0 Å². The molecule has 0 saturated heterocycles. The summed E-state index contributed by atoms with van der Waals surface area (Å²) in [5.41, 5.74) is 0.268. The Bertz CT molecular complexity index is 886. The van der Waals surface area contributed by atoms with Crippen molar-refractivity contribution in [2.24, 2.45) is 0 Å². The fourth-order valence-corrected chi connectivity index (χ4v) is 4.64. The van der Waals surface area contributed by atoms with Gasteiger partial charge in [0.1, 0.15) is 10.6 Å². The van der Waals surface area contributed by atoms with E-state index < -0.39 is 20.0 Å². The highest BCUT2D eigenvalue weighted by Gasteiger charge is 2.28. The Balaban J connectivity index is 2.05. The van der Waals surface area contributed by atoms with Crippen LogP contribution in [0.25, 0.3) is 0 Å². The predicted octanol–water partition coefficient (Wildman–Crippen LogP) is 0.890. The minimum Gasteiger partial charge on any atom is -0.360 e. The number of hydrogen-bond donors (Lipinski definition) is 1. The summed E-state index contributed by atoms with van der Waals surface area (Å²) in [6, 6.07) is 7.87. The molecule has 0 aliphatic heterocycles. The Morgan fingerprint density at radius 2 is 1.75 bits per heavy atom. The van der Waals surface area contributed by atoms with E-state index in [-0.39, 0.29) is 34.3 Å². The molecule has 0 amide bonds. The summed E-state index contributed by atoms with van der Waals surface area (Å²) in [5.74, 6) is 0.198. The van der Waals surface area contributed by atoms with Crippen LogP contribution in [0.3, 0.4) is 0 Å². The molecule has 0 spiro atoms. The van der Waals surface area contributed by atoms with Crippen molar-refractivity contribution in [3.05, 3.63) is 41.8 Å². The van der Waals surface area contributed by atoms with E-state index in [2.05, 4.69) is 9.88 Å². The number of nitrogens with one attached hydrogen (secondary N) is 1. The maximum Gasteiger partial charge on any atom is 0.248 e. The zero-order valence-corrected chi connectivity index (χ0v) is 15.2. The summed E-state index contributed by atoms with van der Waals surface area (Å²) >= 11 is 0. The number of aromatic nitrogens is 1. The highest BCUT2D eigenvalue weighted by atomic mass is 32.2. The molecule has 0 radical (unpaired) electrons. The van der Waals surface area contributed by atoms with Gasteiger partial charge >= 0.3 is 0 Å². The van der Waals surface area contributed by atoms with Crippen LogP contribution in [0.15, 0.2) is 44.6 Å². The lowest BCUT2D eigenvalue weighted by atomic mass is 10.4. The van der Waals surface area contributed by atoms with Crippen LogP contribution >= 0.6 is 0 Å². The lowest BCUT2D eigenvalue weighted by Crippen LogP contribution is -2.36. The smallest absolute Gasteiger partial charge is 0.248 e. The summed E-state index contributed by atoms with van der Waals surface area (Å²) in [5, 5.41) is 3.63. The molecule has 132 valence electrons. The number of sulfonamides is 2. The van der Waals surface area contributed by atoms with Crippen LogP contribution in [0.4, 0.5) is 0 Å². The lowest BCUT2D eigenvalue weighted by molar-refractivity contribution is 0.389. The Labute approximate surface area is 141 Å². The van der Waals surface area contributed by atoms with Crippen LogP contribution in [-0.4, -0.2) is 46.4 Å². The van der Waals surface area contributed by atoms with Gasteiger partial charge in [0.05, 0.1) is 4.90 Å². The van der Waals surface area contributed by atoms with E-state index >= 15 is 0 Å². The maximum atomic E-state index is 12.5. The second kappa shape index (κ2) is 7.01. The third-order valence-electron chi connectivity index (χ3n) is 3.41. The summed E-state index contributed by atoms with van der Waals surface area (Å²) in [6.45, 7) is 2.96. The van der Waals surface area contributed by atoms with E-state index in [1.165, 1.54) is 33.0 Å². The standard InChI is InChI=1S/C14H19N3O5S2/c1-11-14(12(2)22-16-11)24(20,21)17(3)10-9-15-23(18,19)13-7-5-4-6-8-13/h4-8,15H,9-10H2,1-3H3. The summed E-state index contributed by atoms with van der Waals surface area (Å²) in [7, 11) is -6.10. The fraction of sp³-hybridized carbons (Fsp3) is 0.357. The van der Waals surface area contributed by atoms with Gasteiger partial charge in [-0.15, -0.1) is 0 Å². The van der Waals surface area contributed by atoms with Gasteiger partial charge in [0.25, 0.3) is 0 Å². The molecule has 1 aromatic carbocycles. The van der Waals surface area contributed by atoms with E-state index in [1.54, 1.807) is 18.2 Å². The number of rotatable bonds is 7. The van der Waals surface area contributed by atoms with Crippen molar-refractivity contribution in [2.75, 3.05) is 20.1 Å². The molecular formula is C14H19N3O5S2. The molecule has 1 N–H and O–H groups in total. The first-order valence-corrected chi connectivity index (χ1v) is 10.0. The normalized spacial score (nSPS) is 12.7. The van der Waals surface area contributed by atoms with E-state index in [1.807, 2.05) is 0 Å². The highest BCUT2D eigenvalue weighted by molar-refractivity contribution is 7.89. The molecule has 0 unspecified atom stereocenters. The molecule has 0 bridgehead atoms. The van der Waals surface area contributed by atoms with Gasteiger partial charge in [-0.2, -0.15) is 4.31 Å². The molecule has 1 heterocycles. The Kier molecular flexibility index (Phi) is 5.43. The van der Waals surface area contributed by atoms with Crippen molar-refractivity contribution in [1.82, 2.24) is 14.2 Å². The van der Waals surface area contributed by atoms with Gasteiger partial charge in [-0.3, -0.25) is 0 Å². The van der Waals surface area contributed by atoms with Gasteiger partial charge in [0.2, 0.25) is 20.0 Å². The monoisotopic (exact) mass is 373 g/mol. The van der Waals surface area contributed by atoms with Crippen molar-refractivity contribution in [3.8, 4) is 0 Å². The average molecular weight is 373 g/mol. The summed E-state index contributed by atoms with van der Waals surface area (Å²) in [6.07, 6.45) is 0. The Morgan fingerprint density at radius 3 is 2.29 bits per heavy atom. The molecule has 2 aromatic rings. The molecule has 0 aliphatic rings. The van der Waals surface area contributed by atoms with E-state index in [9.17, 15) is 16.8 Å². The van der Waals surface area contributed by atoms with Crippen molar-refractivity contribution < 1.29 is 21.4 Å². The van der Waals surface area contributed by atoms with Gasteiger partial charge in [-0.1, -0.05) is 23.4 Å². The molecule has 0 fully saturated rings. The fourth-order valence-electron chi connectivity index (χ4n) is 2.14. The van der Waals surface area contributed by atoms with E-state index in [0.29, 0.717) is 0 Å². The second-order valence-corrected chi connectivity index (χ2v) is 8.94. The van der Waals surface area contributed by atoms with Crippen molar-refractivity contribution in [2.45, 2.75) is 23.6 Å². The minimum absolute atomic E-state index is 0.0101. The highest BCUT2D eigenvalue weighted by Crippen LogP contribution is 2.22. The maximum absolute atomic E-state index is 12.5. The third kappa shape index (κ3) is 3.83. The Morgan fingerprint density at radius 1 is 1.12 bits per heavy atom. The van der Waals surface area contributed by atoms with Gasteiger partial charge in [0.15, 0.2) is 5.76 Å². The molecule has 24 heavy (non-hydrogen) atoms. The zero-order valence-electron chi connectivity index (χ0n) is 13.6. The van der Waals surface area contributed by atoms with E-state index in [0.717, 1.165) is 4.31 Å². The average Bonchev–Trinajstić information content (AvgIpc) is 2.87. The summed E-state index contributed by atoms with van der Waals surface area (Å²) < 4.78 is 57.5. The van der Waals surface area contributed by atoms with Crippen LogP contribution < -0.4 is 4.72 Å². The first-order chi connectivity index (χ1) is 11.2. The third-order valence-corrected chi connectivity index (χ3v) is 6.99. The number of benzene rings is 1.